The summed E-state index contributed by atoms with van der Waals surface area (Å²) in [5, 5.41) is 2.82. The Morgan fingerprint density at radius 2 is 1.86 bits per heavy atom. The van der Waals surface area contributed by atoms with E-state index in [-0.39, 0.29) is 24.3 Å². The van der Waals surface area contributed by atoms with Crippen molar-refractivity contribution in [2.24, 2.45) is 5.92 Å². The maximum atomic E-state index is 12.6. The van der Waals surface area contributed by atoms with Crippen LogP contribution in [-0.2, 0) is 14.3 Å². The van der Waals surface area contributed by atoms with Crippen molar-refractivity contribution in [1.29, 1.82) is 0 Å². The van der Waals surface area contributed by atoms with E-state index in [1.807, 2.05) is 31.2 Å². The van der Waals surface area contributed by atoms with Gasteiger partial charge in [-0.15, -0.1) is 0 Å². The minimum atomic E-state index is -0.418. The summed E-state index contributed by atoms with van der Waals surface area (Å²) >= 11 is 0. The van der Waals surface area contributed by atoms with Crippen LogP contribution in [0, 0.1) is 12.8 Å². The lowest BCUT2D eigenvalue weighted by Crippen LogP contribution is -2.28. The van der Waals surface area contributed by atoms with Crippen LogP contribution in [0.4, 0.5) is 11.4 Å². The van der Waals surface area contributed by atoms with Gasteiger partial charge in [-0.3, -0.25) is 9.59 Å². The molecule has 0 unspecified atom stereocenters. The number of nitrogens with zero attached hydrogens (tertiary/aromatic N) is 1. The maximum Gasteiger partial charge on any atom is 0.338 e. The molecule has 6 nitrogen and oxygen atoms in total. The topological polar surface area (TPSA) is 75.7 Å². The van der Waals surface area contributed by atoms with Gasteiger partial charge in [0.1, 0.15) is 0 Å². The van der Waals surface area contributed by atoms with Crippen LogP contribution in [0.25, 0.3) is 0 Å². The average Bonchev–Trinajstić information content (AvgIpc) is 3.03. The van der Waals surface area contributed by atoms with E-state index in [9.17, 15) is 14.4 Å². The molecule has 1 saturated heterocycles. The molecule has 0 bridgehead atoms. The third kappa shape index (κ3) is 4.57. The average molecular weight is 380 g/mol. The first-order valence-corrected chi connectivity index (χ1v) is 9.32. The highest BCUT2D eigenvalue weighted by Gasteiger charge is 2.35. The molecule has 1 atom stereocenters. The smallest absolute Gasteiger partial charge is 0.338 e. The van der Waals surface area contributed by atoms with Gasteiger partial charge in [-0.05, 0) is 62.7 Å². The van der Waals surface area contributed by atoms with Gasteiger partial charge in [0.2, 0.25) is 11.8 Å². The van der Waals surface area contributed by atoms with Crippen LogP contribution in [0.2, 0.25) is 0 Å². The number of benzene rings is 2. The second kappa shape index (κ2) is 8.25. The number of hydrogen-bond acceptors (Lipinski definition) is 4. The molecule has 0 spiro atoms. The van der Waals surface area contributed by atoms with E-state index in [1.165, 1.54) is 0 Å². The highest BCUT2D eigenvalue weighted by molar-refractivity contribution is 6.03. The van der Waals surface area contributed by atoms with Crippen molar-refractivity contribution in [1.82, 2.24) is 0 Å². The van der Waals surface area contributed by atoms with Crippen molar-refractivity contribution in [3.8, 4) is 0 Å². The van der Waals surface area contributed by atoms with E-state index in [2.05, 4.69) is 5.32 Å². The molecule has 146 valence electrons. The normalized spacial score (nSPS) is 16.4. The molecule has 1 aliphatic heterocycles. The van der Waals surface area contributed by atoms with Crippen LogP contribution in [0.5, 0.6) is 0 Å². The van der Waals surface area contributed by atoms with Crippen LogP contribution >= 0.6 is 0 Å². The quantitative estimate of drug-likeness (QED) is 0.805. The van der Waals surface area contributed by atoms with Crippen LogP contribution in [0.1, 0.15) is 36.2 Å². The van der Waals surface area contributed by atoms with Crippen molar-refractivity contribution in [2.75, 3.05) is 16.8 Å². The Bertz CT molecular complexity index is 890. The number of aryl methyl sites for hydroxylation is 1. The van der Waals surface area contributed by atoms with E-state index in [4.69, 9.17) is 4.74 Å². The zero-order valence-electron chi connectivity index (χ0n) is 16.3. The van der Waals surface area contributed by atoms with Gasteiger partial charge in [0.05, 0.1) is 17.6 Å². The summed E-state index contributed by atoms with van der Waals surface area (Å²) in [6, 6.07) is 14.2. The molecule has 2 amide bonds. The van der Waals surface area contributed by atoms with Gasteiger partial charge < -0.3 is 15.0 Å². The third-order valence-corrected chi connectivity index (χ3v) is 4.54. The van der Waals surface area contributed by atoms with Crippen LogP contribution in [0.3, 0.4) is 0 Å². The number of anilines is 2. The van der Waals surface area contributed by atoms with Crippen molar-refractivity contribution in [3.63, 3.8) is 0 Å². The number of rotatable bonds is 5. The summed E-state index contributed by atoms with van der Waals surface area (Å²) in [7, 11) is 0. The summed E-state index contributed by atoms with van der Waals surface area (Å²) in [6.07, 6.45) is -0.0124. The summed E-state index contributed by atoms with van der Waals surface area (Å²) < 4.78 is 5.14. The predicted molar refractivity (Wildman–Crippen MR) is 107 cm³/mol. The highest BCUT2D eigenvalue weighted by atomic mass is 16.5. The number of carbonyl (C=O) groups is 3. The van der Waals surface area contributed by atoms with Gasteiger partial charge in [-0.1, -0.05) is 12.1 Å². The van der Waals surface area contributed by atoms with Crippen molar-refractivity contribution >= 4 is 29.2 Å². The van der Waals surface area contributed by atoms with E-state index < -0.39 is 11.9 Å². The Labute approximate surface area is 164 Å². The van der Waals surface area contributed by atoms with E-state index in [1.54, 1.807) is 43.0 Å². The fourth-order valence-electron chi connectivity index (χ4n) is 3.14. The fraction of sp³-hybridized carbons (Fsp3) is 0.318. The zero-order chi connectivity index (χ0) is 20.3. The van der Waals surface area contributed by atoms with Gasteiger partial charge in [0.15, 0.2) is 0 Å². The Hall–Kier alpha value is -3.15. The molecule has 2 aromatic carbocycles. The summed E-state index contributed by atoms with van der Waals surface area (Å²) in [6.45, 7) is 5.90. The molecular formula is C22H24N2O4. The van der Waals surface area contributed by atoms with Gasteiger partial charge in [-0.25, -0.2) is 4.79 Å². The Morgan fingerprint density at radius 1 is 1.14 bits per heavy atom. The molecule has 0 saturated carbocycles. The lowest BCUT2D eigenvalue weighted by molar-refractivity contribution is -0.122. The molecule has 3 rings (SSSR count). The Morgan fingerprint density at radius 3 is 2.50 bits per heavy atom. The zero-order valence-corrected chi connectivity index (χ0v) is 16.3. The molecule has 1 aliphatic rings. The molecule has 0 aromatic heterocycles. The molecule has 0 radical (unpaired) electrons. The van der Waals surface area contributed by atoms with E-state index in [0.717, 1.165) is 11.3 Å². The minimum Gasteiger partial charge on any atom is -0.459 e. The molecule has 28 heavy (non-hydrogen) atoms. The van der Waals surface area contributed by atoms with Crippen molar-refractivity contribution in [2.45, 2.75) is 33.3 Å². The molecule has 2 aromatic rings. The van der Waals surface area contributed by atoms with Crippen LogP contribution in [0.15, 0.2) is 48.5 Å². The monoisotopic (exact) mass is 380 g/mol. The number of hydrogen-bond donors (Lipinski definition) is 1. The van der Waals surface area contributed by atoms with Gasteiger partial charge in [-0.2, -0.15) is 0 Å². The number of ether oxygens (including phenoxy) is 1. The van der Waals surface area contributed by atoms with Crippen molar-refractivity contribution in [3.05, 3.63) is 59.7 Å². The first-order valence-electron chi connectivity index (χ1n) is 9.32. The lowest BCUT2D eigenvalue weighted by atomic mass is 10.1. The largest absolute Gasteiger partial charge is 0.459 e. The first kappa shape index (κ1) is 19.6. The summed E-state index contributed by atoms with van der Waals surface area (Å²) in [5.41, 5.74) is 2.88. The minimum absolute atomic E-state index is 0.0578. The van der Waals surface area contributed by atoms with E-state index >= 15 is 0 Å². The second-order valence-electron chi connectivity index (χ2n) is 7.27. The van der Waals surface area contributed by atoms with Gasteiger partial charge >= 0.3 is 5.97 Å². The second-order valence-corrected chi connectivity index (χ2v) is 7.27. The fourth-order valence-corrected chi connectivity index (χ4v) is 3.14. The standard InChI is InChI=1S/C22H24N2O4/c1-14(2)28-22(27)16-7-9-18(10-8-16)23-21(26)17-12-20(25)24(13-17)19-6-4-5-15(3)11-19/h4-11,14,17H,12-13H2,1-3H3,(H,23,26)/t17-/m1/s1. The highest BCUT2D eigenvalue weighted by Crippen LogP contribution is 2.26. The number of amides is 2. The number of carbonyl (C=O) groups excluding carboxylic acids is 3. The molecule has 6 heteroatoms. The van der Waals surface area contributed by atoms with Crippen molar-refractivity contribution < 1.29 is 19.1 Å². The SMILES string of the molecule is Cc1cccc(N2C[C@H](C(=O)Nc3ccc(C(=O)OC(C)C)cc3)CC2=O)c1. The van der Waals surface area contributed by atoms with Crippen LogP contribution in [-0.4, -0.2) is 30.4 Å². The maximum absolute atomic E-state index is 12.6. The summed E-state index contributed by atoms with van der Waals surface area (Å²) in [4.78, 5) is 38.5. The molecule has 0 aliphatic carbocycles. The summed E-state index contributed by atoms with van der Waals surface area (Å²) in [5.74, 6) is -1.08. The van der Waals surface area contributed by atoms with Gasteiger partial charge in [0.25, 0.3) is 0 Å². The van der Waals surface area contributed by atoms with Gasteiger partial charge in [0, 0.05) is 24.3 Å². The predicted octanol–water partition coefficient (Wildman–Crippen LogP) is 3.55. The lowest BCUT2D eigenvalue weighted by Gasteiger charge is -2.17. The van der Waals surface area contributed by atoms with Crippen LogP contribution < -0.4 is 10.2 Å². The Balaban J connectivity index is 1.62. The number of esters is 1. The van der Waals surface area contributed by atoms with E-state index in [0.29, 0.717) is 17.8 Å². The Kier molecular flexibility index (Phi) is 5.78. The molecular weight excluding hydrogens is 356 g/mol. The first-order chi connectivity index (χ1) is 13.3. The molecule has 1 heterocycles. The molecule has 1 fully saturated rings. The number of nitrogens with one attached hydrogen (secondary N) is 1. The third-order valence-electron chi connectivity index (χ3n) is 4.54. The molecule has 1 N–H and O–H groups in total.